The van der Waals surface area contributed by atoms with Gasteiger partial charge in [0.05, 0.1) is 5.52 Å². The highest BCUT2D eigenvalue weighted by Crippen LogP contribution is 2.40. The highest BCUT2D eigenvalue weighted by Gasteiger charge is 2.32. The van der Waals surface area contributed by atoms with Crippen molar-refractivity contribution in [2.75, 3.05) is 5.32 Å². The van der Waals surface area contributed by atoms with E-state index in [4.69, 9.17) is 11.6 Å². The van der Waals surface area contributed by atoms with Gasteiger partial charge in [-0.25, -0.2) is 14.4 Å². The molecule has 0 radical (unpaired) electrons. The first kappa shape index (κ1) is 25.4. The molecule has 37 heavy (non-hydrogen) atoms. The smallest absolute Gasteiger partial charge is 0.403 e. The largest absolute Gasteiger partial charge is 0.573 e. The summed E-state index contributed by atoms with van der Waals surface area (Å²) < 4.78 is 56.5. The molecule has 1 N–H and O–H groups in total. The number of nitrogens with zero attached hydrogens (tertiary/aromatic N) is 3. The van der Waals surface area contributed by atoms with Gasteiger partial charge in [-0.1, -0.05) is 6.07 Å². The van der Waals surface area contributed by atoms with E-state index in [2.05, 4.69) is 25.0 Å². The van der Waals surface area contributed by atoms with Crippen molar-refractivity contribution in [3.8, 4) is 5.75 Å². The molecule has 1 unspecified atom stereocenters. The molecule has 5 nitrogen and oxygen atoms in total. The lowest BCUT2D eigenvalue weighted by molar-refractivity contribution is -0.274. The summed E-state index contributed by atoms with van der Waals surface area (Å²) in [5, 5.41) is 4.43. The summed E-state index contributed by atoms with van der Waals surface area (Å²) in [7, 11) is 0. The molecule has 0 spiro atoms. The number of halogens is 5. The normalized spacial score (nSPS) is 19.2. The highest BCUT2D eigenvalue weighted by atomic mass is 35.5. The number of para-hydroxylation sites is 1. The van der Waals surface area contributed by atoms with Gasteiger partial charge < -0.3 is 10.1 Å². The summed E-state index contributed by atoms with van der Waals surface area (Å²) in [6, 6.07) is 11.0. The number of hydrogen-bond donors (Lipinski definition) is 1. The average molecular weight is 533 g/mol. The van der Waals surface area contributed by atoms with Gasteiger partial charge in [0.15, 0.2) is 5.75 Å². The second-order valence-corrected chi connectivity index (χ2v) is 9.94. The van der Waals surface area contributed by atoms with E-state index in [9.17, 15) is 17.6 Å². The Hall–Kier alpha value is -3.20. The fraction of sp³-hybridized carbons (Fsp3) is 0.370. The molecular formula is C27H25ClF4N4O. The second kappa shape index (κ2) is 10.3. The Bertz CT molecular complexity index is 1420. The van der Waals surface area contributed by atoms with Crippen molar-refractivity contribution >= 4 is 39.2 Å². The van der Waals surface area contributed by atoms with Crippen LogP contribution in [0, 0.1) is 11.7 Å². The van der Waals surface area contributed by atoms with E-state index < -0.39 is 12.1 Å². The Balaban J connectivity index is 1.26. The van der Waals surface area contributed by atoms with Crippen LogP contribution < -0.4 is 10.1 Å². The highest BCUT2D eigenvalue weighted by molar-refractivity contribution is 6.29. The first-order valence-electron chi connectivity index (χ1n) is 12.2. The van der Waals surface area contributed by atoms with Crippen LogP contribution in [0.25, 0.3) is 21.8 Å². The van der Waals surface area contributed by atoms with Crippen molar-refractivity contribution in [2.24, 2.45) is 5.92 Å². The monoisotopic (exact) mass is 532 g/mol. The third-order valence-electron chi connectivity index (χ3n) is 6.98. The number of fused-ring (bicyclic) bond motifs is 2. The Morgan fingerprint density at radius 3 is 2.59 bits per heavy atom. The lowest BCUT2D eigenvalue weighted by Crippen LogP contribution is -2.23. The number of nitrogens with one attached hydrogen (secondary N) is 1. The molecular weight excluding hydrogens is 508 g/mol. The van der Waals surface area contributed by atoms with Crippen molar-refractivity contribution < 1.29 is 22.3 Å². The Labute approximate surface area is 216 Å². The van der Waals surface area contributed by atoms with Crippen LogP contribution in [0.15, 0.2) is 48.7 Å². The zero-order chi connectivity index (χ0) is 26.2. The van der Waals surface area contributed by atoms with Gasteiger partial charge in [0.25, 0.3) is 0 Å². The van der Waals surface area contributed by atoms with E-state index >= 15 is 0 Å². The maximum Gasteiger partial charge on any atom is 0.573 e. The van der Waals surface area contributed by atoms with E-state index in [0.29, 0.717) is 23.0 Å². The maximum absolute atomic E-state index is 13.9. The van der Waals surface area contributed by atoms with Crippen LogP contribution in [0.1, 0.15) is 50.5 Å². The molecule has 0 aliphatic heterocycles. The van der Waals surface area contributed by atoms with Crippen molar-refractivity contribution in [3.05, 3.63) is 65.3 Å². The molecule has 10 heteroatoms. The van der Waals surface area contributed by atoms with Gasteiger partial charge in [-0.05, 0) is 104 Å². The van der Waals surface area contributed by atoms with Crippen molar-refractivity contribution in [2.45, 2.75) is 57.3 Å². The number of aromatic nitrogens is 3. The number of ether oxygens (including phenoxy) is 1. The van der Waals surface area contributed by atoms with Crippen LogP contribution in [0.2, 0.25) is 5.28 Å². The van der Waals surface area contributed by atoms with Crippen molar-refractivity contribution in [3.63, 3.8) is 0 Å². The molecule has 0 amide bonds. The number of hydrogen-bond acceptors (Lipinski definition) is 5. The second-order valence-electron chi connectivity index (χ2n) is 9.60. The minimum absolute atomic E-state index is 0.00115. The summed E-state index contributed by atoms with van der Waals surface area (Å²) in [5.74, 6) is 0.505. The molecule has 194 valence electrons. The molecule has 5 rings (SSSR count). The van der Waals surface area contributed by atoms with Gasteiger partial charge in [-0.2, -0.15) is 0 Å². The van der Waals surface area contributed by atoms with Gasteiger partial charge in [0, 0.05) is 23.0 Å². The summed E-state index contributed by atoms with van der Waals surface area (Å²) in [5.41, 5.74) is 1.95. The maximum atomic E-state index is 13.9. The molecule has 1 saturated carbocycles. The number of anilines is 1. The standard InChI is InChI=1S/C27H25ClF4N4O/c1-15(34-25-20-3-2-4-23(37-27(30,31)32)24(20)35-26(28)36-25)13-16-5-7-17(8-6-16)19-11-12-33-22-10-9-18(29)14-21(19)22/h2-4,9-12,14-17H,5-8,13H2,1H3,(H,34,35,36). The van der Waals surface area contributed by atoms with Gasteiger partial charge >= 0.3 is 6.36 Å². The number of pyridine rings is 1. The molecule has 2 heterocycles. The van der Waals surface area contributed by atoms with Crippen LogP contribution in [0.3, 0.4) is 0 Å². The Morgan fingerprint density at radius 2 is 1.84 bits per heavy atom. The van der Waals surface area contributed by atoms with E-state index in [1.54, 1.807) is 24.4 Å². The molecule has 0 bridgehead atoms. The molecule has 1 atom stereocenters. The summed E-state index contributed by atoms with van der Waals surface area (Å²) in [4.78, 5) is 12.6. The van der Waals surface area contributed by atoms with Crippen molar-refractivity contribution in [1.29, 1.82) is 0 Å². The minimum atomic E-state index is -4.85. The van der Waals surface area contributed by atoms with Crippen LogP contribution in [0.4, 0.5) is 23.4 Å². The summed E-state index contributed by atoms with van der Waals surface area (Å²) >= 11 is 6.04. The Kier molecular flexibility index (Phi) is 7.07. The Morgan fingerprint density at radius 1 is 1.05 bits per heavy atom. The van der Waals surface area contributed by atoms with E-state index in [-0.39, 0.29) is 22.7 Å². The zero-order valence-corrected chi connectivity index (χ0v) is 20.8. The van der Waals surface area contributed by atoms with Gasteiger partial charge in [-0.15, -0.1) is 13.2 Å². The molecule has 1 aliphatic carbocycles. The van der Waals surface area contributed by atoms with Crippen LogP contribution >= 0.6 is 11.6 Å². The van der Waals surface area contributed by atoms with Gasteiger partial charge in [-0.3, -0.25) is 4.98 Å². The van der Waals surface area contributed by atoms with E-state index in [0.717, 1.165) is 48.6 Å². The van der Waals surface area contributed by atoms with E-state index in [1.165, 1.54) is 18.2 Å². The summed E-state index contributed by atoms with van der Waals surface area (Å²) in [6.07, 6.45) is 1.83. The van der Waals surface area contributed by atoms with E-state index in [1.807, 2.05) is 13.0 Å². The first-order valence-corrected chi connectivity index (χ1v) is 12.6. The van der Waals surface area contributed by atoms with Crippen molar-refractivity contribution in [1.82, 2.24) is 15.0 Å². The van der Waals surface area contributed by atoms with Gasteiger partial charge in [0.2, 0.25) is 5.28 Å². The first-order chi connectivity index (χ1) is 17.7. The fourth-order valence-corrected chi connectivity index (χ4v) is 5.58. The molecule has 2 aromatic carbocycles. The molecule has 2 aromatic heterocycles. The SMILES string of the molecule is CC(CC1CCC(c2ccnc3ccc(F)cc23)CC1)Nc1nc(Cl)nc2c(OC(F)(F)F)cccc12. The predicted molar refractivity (Wildman–Crippen MR) is 135 cm³/mol. The summed E-state index contributed by atoms with van der Waals surface area (Å²) in [6.45, 7) is 2.02. The third-order valence-corrected chi connectivity index (χ3v) is 7.15. The number of rotatable bonds is 6. The predicted octanol–water partition coefficient (Wildman–Crippen LogP) is 8.03. The van der Waals surface area contributed by atoms with Crippen LogP contribution in [-0.4, -0.2) is 27.4 Å². The van der Waals surface area contributed by atoms with Crippen LogP contribution in [-0.2, 0) is 0 Å². The lowest BCUT2D eigenvalue weighted by atomic mass is 9.76. The average Bonchev–Trinajstić information content (AvgIpc) is 2.84. The molecule has 0 saturated heterocycles. The molecule has 1 fully saturated rings. The fourth-order valence-electron chi connectivity index (χ4n) is 5.41. The molecule has 1 aliphatic rings. The quantitative estimate of drug-likeness (QED) is 0.201. The lowest BCUT2D eigenvalue weighted by Gasteiger charge is -2.31. The third kappa shape index (κ3) is 5.87. The topological polar surface area (TPSA) is 59.9 Å². The number of alkyl halides is 3. The zero-order valence-electron chi connectivity index (χ0n) is 20.0. The minimum Gasteiger partial charge on any atom is -0.403 e. The molecule has 4 aromatic rings. The van der Waals surface area contributed by atoms with Gasteiger partial charge in [0.1, 0.15) is 17.2 Å². The number of benzene rings is 2. The van der Waals surface area contributed by atoms with Crippen LogP contribution in [0.5, 0.6) is 5.75 Å².